The normalized spacial score (nSPS) is 11.4. The number of aromatic nitrogens is 1. The van der Waals surface area contributed by atoms with Crippen molar-refractivity contribution in [1.82, 2.24) is 10.3 Å². The molecule has 0 fully saturated rings. The molecule has 4 heteroatoms. The van der Waals surface area contributed by atoms with Crippen molar-refractivity contribution in [2.75, 3.05) is 13.2 Å². The third-order valence-electron chi connectivity index (χ3n) is 5.01. The van der Waals surface area contributed by atoms with Gasteiger partial charge in [0.05, 0.1) is 12.1 Å². The van der Waals surface area contributed by atoms with E-state index >= 15 is 0 Å². The quantitative estimate of drug-likeness (QED) is 0.165. The fraction of sp³-hybridized carbons (Fsp3) is 0.407. The molecule has 1 heterocycles. The van der Waals surface area contributed by atoms with Gasteiger partial charge >= 0.3 is 0 Å². The minimum Gasteiger partial charge on any atom is -0.478 e. The van der Waals surface area contributed by atoms with Gasteiger partial charge in [0.2, 0.25) is 11.8 Å². The Bertz CT molecular complexity index is 899. The van der Waals surface area contributed by atoms with Gasteiger partial charge in [0.25, 0.3) is 0 Å². The van der Waals surface area contributed by atoms with Crippen LogP contribution in [0.2, 0.25) is 0 Å². The number of nitrogens with zero attached hydrogens (tertiary/aromatic N) is 1. The number of hydrogen-bond acceptors (Lipinski definition) is 3. The highest BCUT2D eigenvalue weighted by Crippen LogP contribution is 2.21. The molecule has 2 aromatic rings. The predicted octanol–water partition coefficient (Wildman–Crippen LogP) is 6.46. The van der Waals surface area contributed by atoms with E-state index in [1.54, 1.807) is 12.2 Å². The van der Waals surface area contributed by atoms with Crippen LogP contribution in [0.1, 0.15) is 57.4 Å². The van der Waals surface area contributed by atoms with E-state index in [0.717, 1.165) is 36.2 Å². The van der Waals surface area contributed by atoms with Crippen molar-refractivity contribution in [2.24, 2.45) is 0 Å². The van der Waals surface area contributed by atoms with Crippen molar-refractivity contribution in [3.05, 3.63) is 72.4 Å². The van der Waals surface area contributed by atoms with Gasteiger partial charge in [0.1, 0.15) is 0 Å². The van der Waals surface area contributed by atoms with Crippen molar-refractivity contribution in [1.29, 1.82) is 0 Å². The van der Waals surface area contributed by atoms with E-state index in [1.807, 2.05) is 37.3 Å². The number of para-hydroxylation sites is 1. The zero-order valence-electron chi connectivity index (χ0n) is 19.0. The highest BCUT2D eigenvalue weighted by Gasteiger charge is 2.03. The van der Waals surface area contributed by atoms with Crippen LogP contribution in [0, 0.1) is 6.92 Å². The first-order chi connectivity index (χ1) is 15.1. The zero-order valence-corrected chi connectivity index (χ0v) is 19.0. The molecule has 0 aliphatic carbocycles. The Morgan fingerprint density at radius 2 is 1.90 bits per heavy atom. The fourth-order valence-corrected chi connectivity index (χ4v) is 3.24. The average Bonchev–Trinajstić information content (AvgIpc) is 2.74. The van der Waals surface area contributed by atoms with Gasteiger partial charge in [-0.05, 0) is 51.2 Å². The molecule has 0 bridgehead atoms. The molecule has 0 saturated carbocycles. The van der Waals surface area contributed by atoms with Crippen LogP contribution in [0.3, 0.4) is 0 Å². The molecular formula is C27H36N2O2. The van der Waals surface area contributed by atoms with Crippen LogP contribution in [0.15, 0.2) is 66.8 Å². The predicted molar refractivity (Wildman–Crippen MR) is 130 cm³/mol. The fourth-order valence-electron chi connectivity index (χ4n) is 3.24. The number of carbonyl (C=O) groups is 1. The van der Waals surface area contributed by atoms with E-state index in [-0.39, 0.29) is 5.91 Å². The Balaban J connectivity index is 1.49. The lowest BCUT2D eigenvalue weighted by Gasteiger charge is -2.08. The third kappa shape index (κ3) is 10.1. The number of carbonyl (C=O) groups excluding carboxylic acids is 1. The Kier molecular flexibility index (Phi) is 11.2. The van der Waals surface area contributed by atoms with Crippen molar-refractivity contribution in [3.8, 4) is 5.88 Å². The lowest BCUT2D eigenvalue weighted by Crippen LogP contribution is -2.22. The number of nitrogens with one attached hydrogen (secondary N) is 1. The van der Waals surface area contributed by atoms with E-state index in [0.29, 0.717) is 13.2 Å². The summed E-state index contributed by atoms with van der Waals surface area (Å²) in [6, 6.07) is 10.2. The van der Waals surface area contributed by atoms with Gasteiger partial charge in [-0.1, -0.05) is 61.3 Å². The monoisotopic (exact) mass is 420 g/mol. The van der Waals surface area contributed by atoms with Crippen LogP contribution in [-0.4, -0.2) is 24.0 Å². The lowest BCUT2D eigenvalue weighted by molar-refractivity contribution is -0.116. The summed E-state index contributed by atoms with van der Waals surface area (Å²) in [4.78, 5) is 16.2. The number of hydrogen-bond donors (Lipinski definition) is 1. The molecule has 31 heavy (non-hydrogen) atoms. The summed E-state index contributed by atoms with van der Waals surface area (Å²) in [6.45, 7) is 9.24. The number of ether oxygens (including phenoxy) is 1. The number of amides is 1. The summed E-state index contributed by atoms with van der Waals surface area (Å²) in [7, 11) is 0. The summed E-state index contributed by atoms with van der Waals surface area (Å²) in [6.07, 6.45) is 15.1. The standard InChI is InChI=1S/C27H36N2O2/c1-22(2)18-19-28-26(30)17-11-9-7-5-4-6-8-10-14-20-31-27-21-23(3)24-15-12-13-16-25(24)29-27/h7,9,11-13,15-17,21H,1,4-6,8,10,14,18-20H2,2-3H3,(H,28,30)/b9-7+,17-11+. The highest BCUT2D eigenvalue weighted by molar-refractivity contribution is 5.87. The number of rotatable bonds is 14. The van der Waals surface area contributed by atoms with Gasteiger partial charge in [0.15, 0.2) is 0 Å². The maximum atomic E-state index is 11.6. The molecule has 1 aromatic carbocycles. The second-order valence-corrected chi connectivity index (χ2v) is 7.98. The molecule has 4 nitrogen and oxygen atoms in total. The van der Waals surface area contributed by atoms with Gasteiger partial charge in [-0.15, -0.1) is 6.58 Å². The molecule has 1 N–H and O–H groups in total. The molecule has 0 atom stereocenters. The summed E-state index contributed by atoms with van der Waals surface area (Å²) >= 11 is 0. The van der Waals surface area contributed by atoms with Crippen LogP contribution in [-0.2, 0) is 4.79 Å². The molecule has 0 unspecified atom stereocenters. The summed E-state index contributed by atoms with van der Waals surface area (Å²) in [5, 5.41) is 4.02. The van der Waals surface area contributed by atoms with Crippen LogP contribution < -0.4 is 10.1 Å². The van der Waals surface area contributed by atoms with E-state index in [2.05, 4.69) is 35.9 Å². The zero-order chi connectivity index (χ0) is 22.3. The Morgan fingerprint density at radius 3 is 2.74 bits per heavy atom. The number of unbranched alkanes of at least 4 members (excludes halogenated alkanes) is 5. The molecule has 0 saturated heterocycles. The van der Waals surface area contributed by atoms with Crippen molar-refractivity contribution >= 4 is 16.8 Å². The van der Waals surface area contributed by atoms with E-state index in [9.17, 15) is 4.79 Å². The number of benzene rings is 1. The Morgan fingerprint density at radius 1 is 1.13 bits per heavy atom. The summed E-state index contributed by atoms with van der Waals surface area (Å²) in [5.74, 6) is 0.668. The lowest BCUT2D eigenvalue weighted by atomic mass is 10.1. The molecule has 0 spiro atoms. The first-order valence-corrected chi connectivity index (χ1v) is 11.3. The maximum Gasteiger partial charge on any atom is 0.243 e. The van der Waals surface area contributed by atoms with Crippen LogP contribution >= 0.6 is 0 Å². The largest absolute Gasteiger partial charge is 0.478 e. The van der Waals surface area contributed by atoms with Crippen LogP contribution in [0.5, 0.6) is 5.88 Å². The number of pyridine rings is 1. The second-order valence-electron chi connectivity index (χ2n) is 7.98. The SMILES string of the molecule is C=C(C)CCNC(=O)/C=C/C=C/CCCCCCCOc1cc(C)c2ccccc2n1. The first kappa shape index (κ1) is 24.4. The van der Waals surface area contributed by atoms with Crippen molar-refractivity contribution < 1.29 is 9.53 Å². The highest BCUT2D eigenvalue weighted by atomic mass is 16.5. The molecule has 0 aliphatic rings. The average molecular weight is 421 g/mol. The molecule has 1 amide bonds. The number of allylic oxidation sites excluding steroid dienone is 3. The van der Waals surface area contributed by atoms with Gasteiger partial charge in [-0.3, -0.25) is 4.79 Å². The first-order valence-electron chi connectivity index (χ1n) is 11.3. The topological polar surface area (TPSA) is 51.2 Å². The molecule has 2 rings (SSSR count). The molecule has 0 radical (unpaired) electrons. The van der Waals surface area contributed by atoms with E-state index in [4.69, 9.17) is 4.74 Å². The molecular weight excluding hydrogens is 384 g/mol. The summed E-state index contributed by atoms with van der Waals surface area (Å²) in [5.41, 5.74) is 3.27. The molecule has 1 aromatic heterocycles. The summed E-state index contributed by atoms with van der Waals surface area (Å²) < 4.78 is 5.86. The smallest absolute Gasteiger partial charge is 0.243 e. The van der Waals surface area contributed by atoms with E-state index < -0.39 is 0 Å². The van der Waals surface area contributed by atoms with Gasteiger partial charge in [-0.2, -0.15) is 0 Å². The van der Waals surface area contributed by atoms with Crippen molar-refractivity contribution in [2.45, 2.75) is 58.8 Å². The maximum absolute atomic E-state index is 11.6. The number of aryl methyl sites for hydroxylation is 1. The third-order valence-corrected chi connectivity index (χ3v) is 5.01. The molecule has 0 aliphatic heterocycles. The Labute approximate surface area is 187 Å². The second kappa shape index (κ2) is 14.2. The minimum absolute atomic E-state index is 0.0535. The minimum atomic E-state index is -0.0535. The van der Waals surface area contributed by atoms with Gasteiger partial charge in [0, 0.05) is 24.1 Å². The van der Waals surface area contributed by atoms with Gasteiger partial charge < -0.3 is 10.1 Å². The van der Waals surface area contributed by atoms with Crippen molar-refractivity contribution in [3.63, 3.8) is 0 Å². The number of fused-ring (bicyclic) bond motifs is 1. The van der Waals surface area contributed by atoms with Gasteiger partial charge in [-0.25, -0.2) is 4.98 Å². The van der Waals surface area contributed by atoms with Crippen LogP contribution in [0.25, 0.3) is 10.9 Å². The van der Waals surface area contributed by atoms with Crippen LogP contribution in [0.4, 0.5) is 0 Å². The molecule has 166 valence electrons. The van der Waals surface area contributed by atoms with E-state index in [1.165, 1.54) is 36.6 Å². The Hall–Kier alpha value is -2.88.